The Morgan fingerprint density at radius 1 is 1.50 bits per heavy atom. The van der Waals surface area contributed by atoms with E-state index >= 15 is 0 Å². The zero-order valence-electron chi connectivity index (χ0n) is 7.29. The van der Waals surface area contributed by atoms with Crippen LogP contribution in [0.2, 0.25) is 0 Å². The maximum Gasteiger partial charge on any atom is 0.275 e. The molecule has 0 saturated heterocycles. The molecular formula is C7H11N3O2. The minimum Gasteiger partial charge on any atom is -0.354 e. The van der Waals surface area contributed by atoms with Crippen molar-refractivity contribution < 1.29 is 9.42 Å². The Labute approximate surface area is 70.1 Å². The molecule has 0 aliphatic heterocycles. The molecule has 0 saturated carbocycles. The summed E-state index contributed by atoms with van der Waals surface area (Å²) < 4.78 is 4.47. The van der Waals surface area contributed by atoms with Crippen LogP contribution in [-0.4, -0.2) is 23.3 Å². The Bertz CT molecular complexity index is 280. The van der Waals surface area contributed by atoms with Gasteiger partial charge in [-0.2, -0.15) is 0 Å². The van der Waals surface area contributed by atoms with E-state index in [1.807, 2.05) is 13.8 Å². The van der Waals surface area contributed by atoms with Gasteiger partial charge in [-0.15, -0.1) is 0 Å². The van der Waals surface area contributed by atoms with Crippen LogP contribution in [0.15, 0.2) is 4.63 Å². The molecule has 5 heteroatoms. The summed E-state index contributed by atoms with van der Waals surface area (Å²) >= 11 is 0. The maximum atomic E-state index is 11.1. The first-order chi connectivity index (χ1) is 5.66. The number of hydrogen-bond acceptors (Lipinski definition) is 4. The summed E-state index contributed by atoms with van der Waals surface area (Å²) in [6.07, 6.45) is 0. The van der Waals surface area contributed by atoms with E-state index in [1.54, 1.807) is 7.05 Å². The largest absolute Gasteiger partial charge is 0.354 e. The van der Waals surface area contributed by atoms with Crippen molar-refractivity contribution in [2.75, 3.05) is 7.05 Å². The molecule has 0 atom stereocenters. The normalized spacial score (nSPS) is 10.3. The number of aromatic nitrogens is 2. The molecule has 66 valence electrons. The molecule has 1 aromatic rings. The Balaban J connectivity index is 2.99. The van der Waals surface area contributed by atoms with Crippen LogP contribution in [0.4, 0.5) is 0 Å². The van der Waals surface area contributed by atoms with Gasteiger partial charge in [0.15, 0.2) is 5.69 Å². The van der Waals surface area contributed by atoms with Gasteiger partial charge < -0.3 is 5.32 Å². The summed E-state index contributed by atoms with van der Waals surface area (Å²) in [6, 6.07) is 0. The van der Waals surface area contributed by atoms with Crippen molar-refractivity contribution in [1.29, 1.82) is 0 Å². The van der Waals surface area contributed by atoms with Crippen molar-refractivity contribution in [3.8, 4) is 0 Å². The molecule has 1 N–H and O–H groups in total. The monoisotopic (exact) mass is 169 g/mol. The van der Waals surface area contributed by atoms with Crippen molar-refractivity contribution in [1.82, 2.24) is 15.6 Å². The van der Waals surface area contributed by atoms with Gasteiger partial charge in [0, 0.05) is 13.0 Å². The first kappa shape index (κ1) is 8.70. The molecule has 1 aromatic heterocycles. The van der Waals surface area contributed by atoms with Gasteiger partial charge in [-0.25, -0.2) is 4.63 Å². The van der Waals surface area contributed by atoms with E-state index in [2.05, 4.69) is 20.3 Å². The van der Waals surface area contributed by atoms with Gasteiger partial charge in [-0.05, 0) is 5.16 Å². The first-order valence-corrected chi connectivity index (χ1v) is 3.71. The Hall–Kier alpha value is -1.39. The van der Waals surface area contributed by atoms with Crippen LogP contribution in [0.3, 0.4) is 0 Å². The highest BCUT2D eigenvalue weighted by atomic mass is 16.6. The molecule has 0 aliphatic carbocycles. The van der Waals surface area contributed by atoms with Crippen LogP contribution < -0.4 is 5.32 Å². The summed E-state index contributed by atoms with van der Waals surface area (Å²) in [4.78, 5) is 11.1. The lowest BCUT2D eigenvalue weighted by molar-refractivity contribution is 0.0952. The third-order valence-electron chi connectivity index (χ3n) is 1.50. The zero-order valence-corrected chi connectivity index (χ0v) is 7.29. The summed E-state index contributed by atoms with van der Waals surface area (Å²) in [5.74, 6) is -0.122. The number of carbonyl (C=O) groups excluding carboxylic acids is 1. The lowest BCUT2D eigenvalue weighted by atomic mass is 10.1. The number of nitrogens with one attached hydrogen (secondary N) is 1. The van der Waals surface area contributed by atoms with Gasteiger partial charge in [-0.3, -0.25) is 4.79 Å². The van der Waals surface area contributed by atoms with Crippen LogP contribution >= 0.6 is 0 Å². The Kier molecular flexibility index (Phi) is 2.42. The lowest BCUT2D eigenvalue weighted by Crippen LogP contribution is -2.20. The molecular weight excluding hydrogens is 158 g/mol. The van der Waals surface area contributed by atoms with Crippen molar-refractivity contribution in [2.24, 2.45) is 0 Å². The van der Waals surface area contributed by atoms with Crippen molar-refractivity contribution in [2.45, 2.75) is 19.8 Å². The second-order valence-corrected chi connectivity index (χ2v) is 2.73. The topological polar surface area (TPSA) is 68.0 Å². The number of rotatable bonds is 2. The molecule has 0 radical (unpaired) electrons. The van der Waals surface area contributed by atoms with Crippen LogP contribution in [0.5, 0.6) is 0 Å². The van der Waals surface area contributed by atoms with Gasteiger partial charge >= 0.3 is 0 Å². The van der Waals surface area contributed by atoms with E-state index in [4.69, 9.17) is 0 Å². The second kappa shape index (κ2) is 3.34. The number of hydrogen-bond donors (Lipinski definition) is 1. The molecule has 0 bridgehead atoms. The summed E-state index contributed by atoms with van der Waals surface area (Å²) in [5.41, 5.74) is 0.863. The highest BCUT2D eigenvalue weighted by molar-refractivity contribution is 5.92. The molecule has 5 nitrogen and oxygen atoms in total. The molecule has 0 unspecified atom stereocenters. The Morgan fingerprint density at radius 3 is 2.67 bits per heavy atom. The van der Waals surface area contributed by atoms with Gasteiger partial charge in [0.1, 0.15) is 5.69 Å². The van der Waals surface area contributed by atoms with E-state index in [0.717, 1.165) is 0 Å². The van der Waals surface area contributed by atoms with E-state index in [0.29, 0.717) is 5.69 Å². The highest BCUT2D eigenvalue weighted by Crippen LogP contribution is 2.14. The standard InChI is InChI=1S/C7H11N3O2/c1-4(2)5-6(7(11)8-3)10-12-9-5/h4H,1-3H3,(H,8,11). The van der Waals surface area contributed by atoms with Gasteiger partial charge in [-0.1, -0.05) is 19.0 Å². The molecule has 12 heavy (non-hydrogen) atoms. The third-order valence-corrected chi connectivity index (χ3v) is 1.50. The van der Waals surface area contributed by atoms with Crippen LogP contribution in [0, 0.1) is 0 Å². The molecule has 0 spiro atoms. The SMILES string of the molecule is CNC(=O)c1nonc1C(C)C. The minimum atomic E-state index is -0.264. The highest BCUT2D eigenvalue weighted by Gasteiger charge is 2.18. The van der Waals surface area contributed by atoms with Crippen molar-refractivity contribution in [3.63, 3.8) is 0 Å². The van der Waals surface area contributed by atoms with E-state index in [1.165, 1.54) is 0 Å². The van der Waals surface area contributed by atoms with Crippen molar-refractivity contribution >= 4 is 5.91 Å². The van der Waals surface area contributed by atoms with E-state index in [-0.39, 0.29) is 17.5 Å². The smallest absolute Gasteiger partial charge is 0.275 e. The summed E-state index contributed by atoms with van der Waals surface area (Å²) in [6.45, 7) is 3.85. The van der Waals surface area contributed by atoms with E-state index in [9.17, 15) is 4.79 Å². The first-order valence-electron chi connectivity index (χ1n) is 3.71. The second-order valence-electron chi connectivity index (χ2n) is 2.73. The number of carbonyl (C=O) groups is 1. The fraction of sp³-hybridized carbons (Fsp3) is 0.571. The van der Waals surface area contributed by atoms with Gasteiger partial charge in [0.25, 0.3) is 5.91 Å². The molecule has 1 amide bonds. The average Bonchev–Trinajstić information content (AvgIpc) is 2.50. The molecule has 0 aromatic carbocycles. The minimum absolute atomic E-state index is 0.142. The summed E-state index contributed by atoms with van der Waals surface area (Å²) in [5, 5.41) is 9.61. The van der Waals surface area contributed by atoms with Crippen LogP contribution in [0.1, 0.15) is 35.9 Å². The predicted octanol–water partition coefficient (Wildman–Crippen LogP) is 0.553. The van der Waals surface area contributed by atoms with Gasteiger partial charge in [0.2, 0.25) is 0 Å². The van der Waals surface area contributed by atoms with Crippen molar-refractivity contribution in [3.05, 3.63) is 11.4 Å². The number of nitrogens with zero attached hydrogens (tertiary/aromatic N) is 2. The average molecular weight is 169 g/mol. The third kappa shape index (κ3) is 1.44. The molecule has 0 fully saturated rings. The predicted molar refractivity (Wildman–Crippen MR) is 41.8 cm³/mol. The maximum absolute atomic E-state index is 11.1. The molecule has 0 aliphatic rings. The quantitative estimate of drug-likeness (QED) is 0.702. The Morgan fingerprint density at radius 2 is 2.17 bits per heavy atom. The van der Waals surface area contributed by atoms with E-state index < -0.39 is 0 Å². The molecule has 1 heterocycles. The zero-order chi connectivity index (χ0) is 9.14. The number of amides is 1. The molecule has 1 rings (SSSR count). The lowest BCUT2D eigenvalue weighted by Gasteiger charge is -1.99. The van der Waals surface area contributed by atoms with Crippen LogP contribution in [0.25, 0.3) is 0 Å². The fourth-order valence-electron chi connectivity index (χ4n) is 0.850. The fourth-order valence-corrected chi connectivity index (χ4v) is 0.850. The van der Waals surface area contributed by atoms with Crippen LogP contribution in [-0.2, 0) is 0 Å². The summed E-state index contributed by atoms with van der Waals surface area (Å²) in [7, 11) is 1.54. The van der Waals surface area contributed by atoms with Gasteiger partial charge in [0.05, 0.1) is 0 Å².